The van der Waals surface area contributed by atoms with Gasteiger partial charge in [0.1, 0.15) is 0 Å². The predicted octanol–water partition coefficient (Wildman–Crippen LogP) is -1.96. The molecule has 0 bridgehead atoms. The Morgan fingerprint density at radius 3 is 1.11 bits per heavy atom. The Hall–Kier alpha value is 0.206. The maximum absolute atomic E-state index is 8.52. The Kier molecular flexibility index (Phi) is 14.7. The van der Waals surface area contributed by atoms with Crippen molar-refractivity contribution in [1.82, 2.24) is 0 Å². The molecular weight excluding hydrogens is 220 g/mol. The Bertz CT molecular complexity index is 153. The van der Waals surface area contributed by atoms with Crippen molar-refractivity contribution >= 4 is 19.7 Å². The third-order valence-corrected chi connectivity index (χ3v) is 0. The van der Waals surface area contributed by atoms with Crippen LogP contribution in [0.3, 0.4) is 0 Å². The Labute approximate surface area is 63.6 Å². The molecule has 0 aliphatic heterocycles. The molecule has 0 unspecified atom stereocenters. The summed E-state index contributed by atoms with van der Waals surface area (Å²) >= 11 is 0. The SMILES string of the molecule is O=S(=O)([O-])[O-].O=[Si]=O.[Cu+2]. The van der Waals surface area contributed by atoms with E-state index in [4.69, 9.17) is 26.4 Å². The Morgan fingerprint density at radius 1 is 1.11 bits per heavy atom. The van der Waals surface area contributed by atoms with E-state index < -0.39 is 19.7 Å². The van der Waals surface area contributed by atoms with Crippen LogP contribution in [0.1, 0.15) is 0 Å². The van der Waals surface area contributed by atoms with E-state index in [1.165, 1.54) is 0 Å². The van der Waals surface area contributed by atoms with Gasteiger partial charge in [-0.2, -0.15) is 0 Å². The van der Waals surface area contributed by atoms with E-state index in [0.717, 1.165) is 0 Å². The van der Waals surface area contributed by atoms with Gasteiger partial charge in [-0.15, -0.1) is 0 Å². The van der Waals surface area contributed by atoms with Gasteiger partial charge in [0.15, 0.2) is 0 Å². The van der Waals surface area contributed by atoms with Crippen LogP contribution in [0.15, 0.2) is 0 Å². The van der Waals surface area contributed by atoms with Crippen LogP contribution in [-0.2, 0) is 36.4 Å². The minimum atomic E-state index is -5.17. The van der Waals surface area contributed by atoms with E-state index in [0.29, 0.717) is 0 Å². The molecule has 0 N–H and O–H groups in total. The molecule has 57 valence electrons. The maximum Gasteiger partial charge on any atom is 2.00 e. The average Bonchev–Trinajstić information content (AvgIpc) is 1.27. The van der Waals surface area contributed by atoms with Crippen molar-refractivity contribution < 1.29 is 43.5 Å². The zero-order valence-corrected chi connectivity index (χ0v) is 6.42. The van der Waals surface area contributed by atoms with Crippen molar-refractivity contribution in [2.45, 2.75) is 0 Å². The second-order valence-corrected chi connectivity index (χ2v) is 1.47. The van der Waals surface area contributed by atoms with E-state index in [-0.39, 0.29) is 17.1 Å². The monoisotopic (exact) mass is 219 g/mol. The van der Waals surface area contributed by atoms with E-state index in [2.05, 4.69) is 0 Å². The second kappa shape index (κ2) is 8.21. The van der Waals surface area contributed by atoms with Gasteiger partial charge in [-0.1, -0.05) is 0 Å². The van der Waals surface area contributed by atoms with Crippen LogP contribution in [0.25, 0.3) is 0 Å². The molecule has 0 amide bonds. The van der Waals surface area contributed by atoms with Gasteiger partial charge in [-0.25, -0.2) is 0 Å². The summed E-state index contributed by atoms with van der Waals surface area (Å²) in [5, 5.41) is 0. The van der Waals surface area contributed by atoms with Crippen LogP contribution >= 0.6 is 0 Å². The predicted molar refractivity (Wildman–Crippen MR) is 17.6 cm³/mol. The fraction of sp³-hybridized carbons (Fsp3) is 0. The first kappa shape index (κ1) is 16.1. The molecule has 9 heteroatoms. The number of hydrogen-bond donors (Lipinski definition) is 0. The third-order valence-electron chi connectivity index (χ3n) is 0. The minimum Gasteiger partial charge on any atom is -0.759 e. The van der Waals surface area contributed by atoms with Crippen molar-refractivity contribution in [1.29, 1.82) is 0 Å². The molecule has 0 fully saturated rings. The molecule has 0 aliphatic carbocycles. The Morgan fingerprint density at radius 2 is 1.11 bits per heavy atom. The first-order valence-electron chi connectivity index (χ1n) is 1.07. The van der Waals surface area contributed by atoms with Gasteiger partial charge >= 0.3 is 26.4 Å². The van der Waals surface area contributed by atoms with Crippen molar-refractivity contribution in [2.24, 2.45) is 0 Å². The van der Waals surface area contributed by atoms with Crippen LogP contribution < -0.4 is 0 Å². The van der Waals surface area contributed by atoms with Crippen molar-refractivity contribution in [3.05, 3.63) is 0 Å². The zero-order chi connectivity index (χ0) is 7.21. The van der Waals surface area contributed by atoms with Gasteiger partial charge in [0, 0.05) is 10.4 Å². The van der Waals surface area contributed by atoms with Crippen LogP contribution in [0.4, 0.5) is 0 Å². The molecule has 0 aromatic heterocycles. The van der Waals surface area contributed by atoms with Gasteiger partial charge in [0.25, 0.3) is 0 Å². The van der Waals surface area contributed by atoms with Crippen LogP contribution in [-0.4, -0.2) is 26.8 Å². The summed E-state index contributed by atoms with van der Waals surface area (Å²) in [6, 6.07) is 0. The fourth-order valence-corrected chi connectivity index (χ4v) is 0. The number of hydrogen-bond acceptors (Lipinski definition) is 6. The molecule has 0 saturated carbocycles. The second-order valence-electron chi connectivity index (χ2n) is 0.492. The first-order valence-corrected chi connectivity index (χ1v) is 3.22. The summed E-state index contributed by atoms with van der Waals surface area (Å²) in [4.78, 5) is 0. The largest absolute Gasteiger partial charge is 2.00 e. The molecule has 9 heavy (non-hydrogen) atoms. The zero-order valence-electron chi connectivity index (χ0n) is 3.66. The molecule has 6 nitrogen and oxygen atoms in total. The van der Waals surface area contributed by atoms with Gasteiger partial charge in [-0.05, 0) is 0 Å². The molecule has 0 spiro atoms. The molecule has 0 aromatic carbocycles. The summed E-state index contributed by atoms with van der Waals surface area (Å²) in [5.74, 6) is 0. The van der Waals surface area contributed by atoms with Crippen LogP contribution in [0.2, 0.25) is 0 Å². The molecule has 0 aliphatic rings. The van der Waals surface area contributed by atoms with Crippen molar-refractivity contribution in [2.75, 3.05) is 0 Å². The van der Waals surface area contributed by atoms with E-state index >= 15 is 0 Å². The van der Waals surface area contributed by atoms with Crippen molar-refractivity contribution in [3.8, 4) is 0 Å². The average molecular weight is 220 g/mol. The first-order chi connectivity index (χ1) is 3.41. The standard InChI is InChI=1S/Cu.H2O4S.O2Si/c;1-5(2,3)4;1-3-2/h;(H2,1,2,3,4);/q+2;;/p-2. The summed E-state index contributed by atoms with van der Waals surface area (Å²) in [5.41, 5.74) is 0. The maximum atomic E-state index is 8.52. The van der Waals surface area contributed by atoms with Gasteiger partial charge in [-0.3, -0.25) is 17.3 Å². The normalized spacial score (nSPS) is 7.33. The van der Waals surface area contributed by atoms with Crippen molar-refractivity contribution in [3.63, 3.8) is 0 Å². The van der Waals surface area contributed by atoms with Gasteiger partial charge in [0.05, 0.1) is 0 Å². The third kappa shape index (κ3) is 7420. The van der Waals surface area contributed by atoms with E-state index in [1.54, 1.807) is 0 Å². The van der Waals surface area contributed by atoms with Gasteiger partial charge < -0.3 is 9.11 Å². The van der Waals surface area contributed by atoms with Gasteiger partial charge in [0.2, 0.25) is 0 Å². The minimum absolute atomic E-state index is 0. The topological polar surface area (TPSA) is 114 Å². The van der Waals surface area contributed by atoms with Crippen LogP contribution in [0, 0.1) is 0 Å². The molecule has 0 heterocycles. The summed E-state index contributed by atoms with van der Waals surface area (Å²) in [7, 11) is -6.58. The molecule has 1 radical (unpaired) electrons. The van der Waals surface area contributed by atoms with Crippen LogP contribution in [0.5, 0.6) is 0 Å². The molecule has 0 atom stereocenters. The van der Waals surface area contributed by atoms with E-state index in [1.807, 2.05) is 0 Å². The number of rotatable bonds is 0. The molecule has 0 saturated heterocycles. The fourth-order valence-electron chi connectivity index (χ4n) is 0. The Balaban J connectivity index is -0.0000000800. The molecular formula is CuO6SSi. The van der Waals surface area contributed by atoms with E-state index in [9.17, 15) is 0 Å². The quantitative estimate of drug-likeness (QED) is 0.266. The molecule has 0 rings (SSSR count). The molecule has 0 aromatic rings. The smallest absolute Gasteiger partial charge is 0.759 e. The summed E-state index contributed by atoms with van der Waals surface area (Å²) < 4.78 is 50.9. The summed E-state index contributed by atoms with van der Waals surface area (Å²) in [6.07, 6.45) is 0. The summed E-state index contributed by atoms with van der Waals surface area (Å²) in [6.45, 7) is 0.